The van der Waals surface area contributed by atoms with Gasteiger partial charge in [0.15, 0.2) is 0 Å². The summed E-state index contributed by atoms with van der Waals surface area (Å²) in [6, 6.07) is 13.6. The molecule has 1 N–H and O–H groups in total. The van der Waals surface area contributed by atoms with Gasteiger partial charge in [0.2, 0.25) is 0 Å². The van der Waals surface area contributed by atoms with Crippen molar-refractivity contribution < 1.29 is 19.2 Å². The number of nitrogens with zero attached hydrogens (tertiary/aromatic N) is 1. The molecule has 1 aliphatic carbocycles. The summed E-state index contributed by atoms with van der Waals surface area (Å²) in [6.07, 6.45) is 9.46. The molecule has 0 bridgehead atoms. The Balaban J connectivity index is 0.000000440. The van der Waals surface area contributed by atoms with Crippen molar-refractivity contribution in [3.05, 3.63) is 64.7 Å². The number of rotatable bonds is 9. The fourth-order valence-corrected chi connectivity index (χ4v) is 3.46. The first-order valence-corrected chi connectivity index (χ1v) is 12.3. The summed E-state index contributed by atoms with van der Waals surface area (Å²) in [7, 11) is 0. The predicted molar refractivity (Wildman–Crippen MR) is 137 cm³/mol. The van der Waals surface area contributed by atoms with Crippen LogP contribution in [0.1, 0.15) is 86.8 Å². The largest absolute Gasteiger partial charge is 0.463 e. The highest BCUT2D eigenvalue weighted by Gasteiger charge is 2.11. The first-order valence-electron chi connectivity index (χ1n) is 12.3. The maximum absolute atomic E-state index is 12.5. The number of hydrogen-bond donors (Lipinski definition) is 1. The van der Waals surface area contributed by atoms with Gasteiger partial charge in [0.25, 0.3) is 5.91 Å². The maximum Gasteiger partial charge on any atom is 0.302 e. The molecular formula is C28H38N2O4. The van der Waals surface area contributed by atoms with Crippen molar-refractivity contribution in [3.8, 4) is 0 Å². The topological polar surface area (TPSA) is 77.0 Å². The number of carbonyl (C=O) groups excluding carboxylic acids is 2. The molecule has 2 aromatic carbocycles. The summed E-state index contributed by atoms with van der Waals surface area (Å²) in [5.74, 6) is -0.289. The fourth-order valence-electron chi connectivity index (χ4n) is 3.46. The molecule has 0 aromatic heterocycles. The highest BCUT2D eigenvalue weighted by atomic mass is 16.6. The van der Waals surface area contributed by atoms with Crippen LogP contribution in [0.3, 0.4) is 0 Å². The van der Waals surface area contributed by atoms with Crippen LogP contribution in [0.5, 0.6) is 0 Å². The lowest BCUT2D eigenvalue weighted by Crippen LogP contribution is -2.13. The van der Waals surface area contributed by atoms with Crippen LogP contribution >= 0.6 is 0 Å². The number of hydrogen-bond acceptors (Lipinski definition) is 5. The standard InChI is InChI=1S/C22H26N2O2.C6H12O2/c1-2-3-14-26-23-16-17-8-10-19(11-9-17)22(25)24-21-13-12-18-6-4-5-7-20(18)15-21;1-4-5(2)8-6(3)7/h8-13,15-16H,2-7,14H2,1H3,(H,24,25);5H,4H2,1-3H3. The quantitative estimate of drug-likeness (QED) is 0.203. The number of ether oxygens (including phenoxy) is 1. The third-order valence-corrected chi connectivity index (χ3v) is 5.59. The van der Waals surface area contributed by atoms with Crippen molar-refractivity contribution in [2.75, 3.05) is 11.9 Å². The monoisotopic (exact) mass is 466 g/mol. The van der Waals surface area contributed by atoms with E-state index < -0.39 is 0 Å². The molecule has 1 unspecified atom stereocenters. The maximum atomic E-state index is 12.5. The van der Waals surface area contributed by atoms with Gasteiger partial charge in [-0.25, -0.2) is 0 Å². The molecule has 0 saturated carbocycles. The number of aryl methyl sites for hydroxylation is 2. The predicted octanol–water partition coefficient (Wildman–Crippen LogP) is 6.32. The Labute approximate surface area is 203 Å². The molecule has 0 aliphatic heterocycles. The molecule has 0 fully saturated rings. The van der Waals surface area contributed by atoms with Gasteiger partial charge in [-0.15, -0.1) is 0 Å². The van der Waals surface area contributed by atoms with E-state index in [2.05, 4.69) is 29.5 Å². The van der Waals surface area contributed by atoms with E-state index >= 15 is 0 Å². The molecule has 1 amide bonds. The molecule has 184 valence electrons. The minimum Gasteiger partial charge on any atom is -0.463 e. The van der Waals surface area contributed by atoms with Crippen LogP contribution in [-0.4, -0.2) is 30.8 Å². The second-order valence-electron chi connectivity index (χ2n) is 8.52. The molecule has 6 heteroatoms. The van der Waals surface area contributed by atoms with Gasteiger partial charge in [0, 0.05) is 18.2 Å². The van der Waals surface area contributed by atoms with Crippen LogP contribution in [0.15, 0.2) is 47.6 Å². The summed E-state index contributed by atoms with van der Waals surface area (Å²) < 4.78 is 4.76. The van der Waals surface area contributed by atoms with Crippen LogP contribution < -0.4 is 5.32 Å². The number of amides is 1. The normalized spacial score (nSPS) is 13.3. The molecule has 34 heavy (non-hydrogen) atoms. The molecule has 0 heterocycles. The average Bonchev–Trinajstić information content (AvgIpc) is 2.84. The highest BCUT2D eigenvalue weighted by molar-refractivity contribution is 6.04. The second-order valence-corrected chi connectivity index (χ2v) is 8.52. The molecule has 1 atom stereocenters. The second kappa shape index (κ2) is 14.9. The Bertz CT molecular complexity index is 938. The first-order chi connectivity index (χ1) is 16.4. The lowest BCUT2D eigenvalue weighted by molar-refractivity contribution is -0.145. The molecule has 0 spiro atoms. The minimum atomic E-state index is -0.195. The minimum absolute atomic E-state index is 0.0764. The number of anilines is 1. The Hall–Kier alpha value is -3.15. The zero-order valence-corrected chi connectivity index (χ0v) is 20.9. The number of esters is 1. The summed E-state index contributed by atoms with van der Waals surface area (Å²) in [5.41, 5.74) is 5.19. The first kappa shape index (κ1) is 27.1. The number of nitrogens with one attached hydrogen (secondary N) is 1. The lowest BCUT2D eigenvalue weighted by atomic mass is 9.91. The van der Waals surface area contributed by atoms with Gasteiger partial charge < -0.3 is 14.9 Å². The van der Waals surface area contributed by atoms with E-state index in [9.17, 15) is 9.59 Å². The SMILES string of the molecule is CCC(C)OC(C)=O.CCCCON=Cc1ccc(C(=O)Nc2ccc3c(c2)CCCC3)cc1. The third kappa shape index (κ3) is 9.77. The highest BCUT2D eigenvalue weighted by Crippen LogP contribution is 2.24. The summed E-state index contributed by atoms with van der Waals surface area (Å²) in [5, 5.41) is 6.93. The molecular weight excluding hydrogens is 428 g/mol. The van der Waals surface area contributed by atoms with Gasteiger partial charge in [0.05, 0.1) is 12.3 Å². The zero-order chi connectivity index (χ0) is 24.8. The Morgan fingerprint density at radius 1 is 1.06 bits per heavy atom. The number of fused-ring (bicyclic) bond motifs is 1. The van der Waals surface area contributed by atoms with Crippen molar-refractivity contribution >= 4 is 23.8 Å². The van der Waals surface area contributed by atoms with E-state index in [4.69, 9.17) is 9.57 Å². The van der Waals surface area contributed by atoms with E-state index in [1.54, 1.807) is 18.3 Å². The van der Waals surface area contributed by atoms with Crippen LogP contribution in [0.25, 0.3) is 0 Å². The fraction of sp³-hybridized carbons (Fsp3) is 0.464. The Kier molecular flexibility index (Phi) is 11.9. The van der Waals surface area contributed by atoms with Gasteiger partial charge in [-0.2, -0.15) is 0 Å². The number of oxime groups is 1. The smallest absolute Gasteiger partial charge is 0.302 e. The average molecular weight is 467 g/mol. The van der Waals surface area contributed by atoms with Crippen molar-refractivity contribution in [3.63, 3.8) is 0 Å². The Morgan fingerprint density at radius 3 is 2.38 bits per heavy atom. The molecule has 1 aliphatic rings. The van der Waals surface area contributed by atoms with Gasteiger partial charge in [0.1, 0.15) is 6.61 Å². The molecule has 6 nitrogen and oxygen atoms in total. The van der Waals surface area contributed by atoms with Crippen molar-refractivity contribution in [1.29, 1.82) is 0 Å². The molecule has 2 aromatic rings. The third-order valence-electron chi connectivity index (χ3n) is 5.59. The van der Waals surface area contributed by atoms with Crippen molar-refractivity contribution in [2.24, 2.45) is 5.16 Å². The van der Waals surface area contributed by atoms with Crippen LogP contribution in [-0.2, 0) is 27.2 Å². The van der Waals surface area contributed by atoms with Crippen molar-refractivity contribution in [1.82, 2.24) is 0 Å². The van der Waals surface area contributed by atoms with Gasteiger partial charge in [-0.1, -0.05) is 43.6 Å². The van der Waals surface area contributed by atoms with E-state index in [0.717, 1.165) is 43.4 Å². The van der Waals surface area contributed by atoms with Crippen LogP contribution in [0.4, 0.5) is 5.69 Å². The summed E-state index contributed by atoms with van der Waals surface area (Å²) in [4.78, 5) is 27.8. The van der Waals surface area contributed by atoms with Crippen LogP contribution in [0.2, 0.25) is 0 Å². The van der Waals surface area contributed by atoms with E-state index in [0.29, 0.717) is 12.2 Å². The zero-order valence-electron chi connectivity index (χ0n) is 20.9. The Morgan fingerprint density at radius 2 is 1.76 bits per heavy atom. The summed E-state index contributed by atoms with van der Waals surface area (Å²) >= 11 is 0. The number of carbonyl (C=O) groups is 2. The molecule has 0 radical (unpaired) electrons. The van der Waals surface area contributed by atoms with Gasteiger partial charge in [-0.05, 0) is 86.4 Å². The van der Waals surface area contributed by atoms with Gasteiger partial charge >= 0.3 is 5.97 Å². The summed E-state index contributed by atoms with van der Waals surface area (Å²) in [6.45, 7) is 8.02. The van der Waals surface area contributed by atoms with E-state index in [1.807, 2.05) is 32.0 Å². The van der Waals surface area contributed by atoms with Gasteiger partial charge in [-0.3, -0.25) is 9.59 Å². The molecule has 3 rings (SSSR count). The molecule has 0 saturated heterocycles. The van der Waals surface area contributed by atoms with E-state index in [-0.39, 0.29) is 18.0 Å². The number of unbranched alkanes of at least 4 members (excludes halogenated alkanes) is 1. The van der Waals surface area contributed by atoms with Crippen LogP contribution in [0, 0.1) is 0 Å². The lowest BCUT2D eigenvalue weighted by Gasteiger charge is -2.16. The number of benzene rings is 2. The van der Waals surface area contributed by atoms with E-state index in [1.165, 1.54) is 30.9 Å². The van der Waals surface area contributed by atoms with Crippen molar-refractivity contribution in [2.45, 2.75) is 78.7 Å².